The van der Waals surface area contributed by atoms with Gasteiger partial charge in [-0.1, -0.05) is 0 Å². The minimum absolute atomic E-state index is 0.0970. The maximum atomic E-state index is 15.8. The fourth-order valence-electron chi connectivity index (χ4n) is 15.2. The average molecular weight is 847 g/mol. The van der Waals surface area contributed by atoms with Crippen LogP contribution >= 0.6 is 0 Å². The van der Waals surface area contributed by atoms with Crippen LogP contribution in [0.5, 0.6) is 0 Å². The van der Waals surface area contributed by atoms with E-state index in [1.54, 1.807) is 0 Å². The van der Waals surface area contributed by atoms with Gasteiger partial charge in [0.25, 0.3) is 5.41 Å². The number of carboxylic acid groups (broad SMARTS) is 4. The highest BCUT2D eigenvalue weighted by atomic mass is 16.4. The molecule has 0 aromatic heterocycles. The molecule has 4 aliphatic heterocycles. The normalized spacial score (nSPS) is 29.1. The van der Waals surface area contributed by atoms with E-state index in [-0.39, 0.29) is 36.3 Å². The number of piperidine rings is 4. The van der Waals surface area contributed by atoms with Gasteiger partial charge in [-0.05, 0) is 226 Å². The molecule has 0 spiro atoms. The van der Waals surface area contributed by atoms with Crippen LogP contribution in [0.1, 0.15) is 169 Å². The highest BCUT2D eigenvalue weighted by Gasteiger charge is 2.84. The number of aliphatic carboxylic acids is 4. The van der Waals surface area contributed by atoms with E-state index in [1.807, 2.05) is 34.7 Å². The predicted octanol–water partition coefficient (Wildman–Crippen LogP) is 8.27. The van der Waals surface area contributed by atoms with E-state index in [2.05, 4.69) is 124 Å². The molecule has 4 fully saturated rings. The first-order chi connectivity index (χ1) is 26.6. The Morgan fingerprint density at radius 3 is 0.833 bits per heavy atom. The highest BCUT2D eigenvalue weighted by Crippen LogP contribution is 2.74. The van der Waals surface area contributed by atoms with Gasteiger partial charge in [0.1, 0.15) is 5.41 Å². The molecule has 12 heteroatoms. The molecule has 4 N–H and O–H groups in total. The molecule has 0 aromatic rings. The molecule has 0 aromatic carbocycles. The Kier molecular flexibility index (Phi) is 12.5. The van der Waals surface area contributed by atoms with Crippen LogP contribution in [-0.4, -0.2) is 136 Å². The number of hydrogen-bond donors (Lipinski definition) is 4. The summed E-state index contributed by atoms with van der Waals surface area (Å²) in [5.41, 5.74) is -12.7. The van der Waals surface area contributed by atoms with E-state index < -0.39 is 91.1 Å². The molecule has 0 amide bonds. The molecule has 0 bridgehead atoms. The Labute approximate surface area is 363 Å². The van der Waals surface area contributed by atoms with Gasteiger partial charge in [0.15, 0.2) is 0 Å². The van der Waals surface area contributed by atoms with Crippen molar-refractivity contribution in [3.05, 3.63) is 0 Å². The molecule has 4 heterocycles. The van der Waals surface area contributed by atoms with Gasteiger partial charge in [0.05, 0.1) is 0 Å². The Hall–Kier alpha value is -2.28. The minimum atomic E-state index is -3.75. The van der Waals surface area contributed by atoms with Crippen LogP contribution in [0.15, 0.2) is 0 Å². The summed E-state index contributed by atoms with van der Waals surface area (Å²) in [6.07, 6.45) is 3.41. The van der Waals surface area contributed by atoms with E-state index in [0.717, 1.165) is 0 Å². The first-order valence-corrected chi connectivity index (χ1v) is 22.5. The van der Waals surface area contributed by atoms with Gasteiger partial charge in [-0.2, -0.15) is 0 Å². The molecule has 0 saturated carbocycles. The molecule has 4 rings (SSSR count). The molecule has 0 radical (unpaired) electrons. The van der Waals surface area contributed by atoms with E-state index >= 15 is 4.79 Å². The molecule has 1 unspecified atom stereocenters. The molecular weight excluding hydrogens is 761 g/mol. The van der Waals surface area contributed by atoms with Gasteiger partial charge < -0.3 is 20.4 Å². The van der Waals surface area contributed by atoms with Gasteiger partial charge in [0.2, 0.25) is 0 Å². The van der Waals surface area contributed by atoms with Crippen molar-refractivity contribution in [1.82, 2.24) is 19.6 Å². The van der Waals surface area contributed by atoms with Crippen molar-refractivity contribution < 1.29 is 39.6 Å². The minimum Gasteiger partial charge on any atom is -0.481 e. The van der Waals surface area contributed by atoms with E-state index in [4.69, 9.17) is 0 Å². The number of carbonyl (C=O) groups is 4. The van der Waals surface area contributed by atoms with E-state index in [9.17, 15) is 34.8 Å². The van der Waals surface area contributed by atoms with Gasteiger partial charge in [-0.15, -0.1) is 0 Å². The van der Waals surface area contributed by atoms with Crippen LogP contribution in [0.25, 0.3) is 0 Å². The summed E-state index contributed by atoms with van der Waals surface area (Å²) in [7, 11) is 8.23. The molecule has 1 atom stereocenters. The lowest BCUT2D eigenvalue weighted by atomic mass is 9.33. The number of hydrogen-bond acceptors (Lipinski definition) is 8. The van der Waals surface area contributed by atoms with Crippen molar-refractivity contribution >= 4 is 23.9 Å². The van der Waals surface area contributed by atoms with Crippen LogP contribution < -0.4 is 0 Å². The lowest BCUT2D eigenvalue weighted by molar-refractivity contribution is -0.261. The third kappa shape index (κ3) is 7.34. The lowest BCUT2D eigenvalue weighted by Crippen LogP contribution is -2.78. The van der Waals surface area contributed by atoms with Crippen LogP contribution in [0.3, 0.4) is 0 Å². The Morgan fingerprint density at radius 1 is 0.400 bits per heavy atom. The SMILES string of the molecule is CN1C(C)(C)CC(CC(C2CC(C)(C)N(C)C(C)(C)C2)(C2CC(C)(C)N(C)C(C)(C)C2)C(C(=O)O)(C2CC(C)(C)N(C)C(C)(C)C2)C(C(=O)O)(C(=O)O)C(=O)O)CC1(C)C. The van der Waals surface area contributed by atoms with Gasteiger partial charge in [0, 0.05) is 44.3 Å². The third-order valence-electron chi connectivity index (χ3n) is 18.6. The highest BCUT2D eigenvalue weighted by molar-refractivity contribution is 6.20. The number of carboxylic acids is 4. The second-order valence-electron chi connectivity index (χ2n) is 25.3. The number of likely N-dealkylation sites (tertiary alicyclic amines) is 4. The zero-order valence-electron chi connectivity index (χ0n) is 41.4. The summed E-state index contributed by atoms with van der Waals surface area (Å²) < 4.78 is 0. The Morgan fingerprint density at radius 2 is 0.617 bits per heavy atom. The quantitative estimate of drug-likeness (QED) is 0.148. The summed E-state index contributed by atoms with van der Waals surface area (Å²) in [6.45, 7) is 33.8. The Balaban J connectivity index is 2.47. The largest absolute Gasteiger partial charge is 0.481 e. The molecule has 346 valence electrons. The lowest BCUT2D eigenvalue weighted by Gasteiger charge is -2.71. The van der Waals surface area contributed by atoms with E-state index in [0.29, 0.717) is 38.5 Å². The smallest absolute Gasteiger partial charge is 0.334 e. The molecule has 12 nitrogen and oxygen atoms in total. The maximum absolute atomic E-state index is 15.8. The topological polar surface area (TPSA) is 162 Å². The molecule has 60 heavy (non-hydrogen) atoms. The van der Waals surface area contributed by atoms with Crippen LogP contribution in [0.2, 0.25) is 0 Å². The summed E-state index contributed by atoms with van der Waals surface area (Å²) in [4.78, 5) is 68.7. The second kappa shape index (κ2) is 14.9. The van der Waals surface area contributed by atoms with Crippen LogP contribution in [0, 0.1) is 39.9 Å². The van der Waals surface area contributed by atoms with Gasteiger partial charge in [-0.3, -0.25) is 38.8 Å². The molecule has 0 aliphatic carbocycles. The van der Waals surface area contributed by atoms with Crippen molar-refractivity contribution in [2.75, 3.05) is 28.2 Å². The summed E-state index contributed by atoms with van der Waals surface area (Å²) >= 11 is 0. The van der Waals surface area contributed by atoms with Crippen molar-refractivity contribution in [2.45, 2.75) is 213 Å². The monoisotopic (exact) mass is 847 g/mol. The van der Waals surface area contributed by atoms with Gasteiger partial charge >= 0.3 is 23.9 Å². The second-order valence-corrected chi connectivity index (χ2v) is 25.3. The zero-order valence-corrected chi connectivity index (χ0v) is 41.4. The molecule has 4 saturated heterocycles. The van der Waals surface area contributed by atoms with Crippen LogP contribution in [0.4, 0.5) is 0 Å². The Bertz CT molecular complexity index is 1560. The van der Waals surface area contributed by atoms with Crippen molar-refractivity contribution in [3.63, 3.8) is 0 Å². The van der Waals surface area contributed by atoms with Crippen molar-refractivity contribution in [3.8, 4) is 0 Å². The zero-order chi connectivity index (χ0) is 46.8. The van der Waals surface area contributed by atoms with Crippen LogP contribution in [-0.2, 0) is 19.2 Å². The van der Waals surface area contributed by atoms with E-state index in [1.165, 1.54) is 0 Å². The van der Waals surface area contributed by atoms with Gasteiger partial charge in [-0.25, -0.2) is 0 Å². The fourth-order valence-corrected chi connectivity index (χ4v) is 15.2. The first kappa shape index (κ1) is 50.4. The summed E-state index contributed by atoms with van der Waals surface area (Å²) in [5, 5.41) is 48.2. The summed E-state index contributed by atoms with van der Waals surface area (Å²) in [5.74, 6) is -10.5. The average Bonchev–Trinajstić information content (AvgIpc) is 3.03. The molecular formula is C48H86N4O8. The third-order valence-corrected chi connectivity index (χ3v) is 18.6. The predicted molar refractivity (Wildman–Crippen MR) is 237 cm³/mol. The van der Waals surface area contributed by atoms with Crippen molar-refractivity contribution in [1.29, 1.82) is 0 Å². The standard InChI is InChI=1S/C48H86N4O8/c1-38(2)21-30(22-39(3,4)49(38)17)23-46(31-24-40(5,6)50(18)41(7,8)25-31,32-26-42(9,10)51(19)43(11,12)27-32)48(37(59)60,47(34(53)54,35(55)56)36(57)58)33-28-44(13,14)52(20)45(15,16)29-33/h30-33H,21-29H2,1-20H3,(H,53,54)(H,55,56)(H,57,58)(H,59,60). The summed E-state index contributed by atoms with van der Waals surface area (Å²) in [6, 6.07) is 0. The number of nitrogens with zero attached hydrogens (tertiary/aromatic N) is 4. The van der Waals surface area contributed by atoms with Crippen molar-refractivity contribution in [2.24, 2.45) is 39.9 Å². The first-order valence-electron chi connectivity index (χ1n) is 22.5. The molecule has 4 aliphatic rings. The number of rotatable bonds is 11. The maximum Gasteiger partial charge on any atom is 0.334 e. The fraction of sp³-hybridized carbons (Fsp3) is 0.917.